The van der Waals surface area contributed by atoms with Crippen molar-refractivity contribution in [3.05, 3.63) is 35.2 Å². The lowest BCUT2D eigenvalue weighted by Gasteiger charge is -2.52. The monoisotopic (exact) mass is 259 g/mol. The number of rotatable bonds is 3. The van der Waals surface area contributed by atoms with Gasteiger partial charge in [-0.25, -0.2) is 0 Å². The van der Waals surface area contributed by atoms with Gasteiger partial charge in [0, 0.05) is 21.5 Å². The van der Waals surface area contributed by atoms with Crippen molar-refractivity contribution in [2.45, 2.75) is 39.2 Å². The van der Waals surface area contributed by atoms with Gasteiger partial charge in [0.25, 0.3) is 0 Å². The molecule has 1 aliphatic carbocycles. The van der Waals surface area contributed by atoms with Crippen molar-refractivity contribution in [1.82, 2.24) is 5.32 Å². The molecule has 96 valence electrons. The van der Waals surface area contributed by atoms with Gasteiger partial charge in [0.15, 0.2) is 0 Å². The average Bonchev–Trinajstić information content (AvgIpc) is 2.76. The van der Waals surface area contributed by atoms with Crippen molar-refractivity contribution in [3.8, 4) is 0 Å². The van der Waals surface area contributed by atoms with Crippen LogP contribution in [0.5, 0.6) is 0 Å². The van der Waals surface area contributed by atoms with E-state index in [4.69, 9.17) is 0 Å². The molecular weight excluding hydrogens is 238 g/mol. The summed E-state index contributed by atoms with van der Waals surface area (Å²) in [5.41, 5.74) is 0.386. The molecule has 1 aromatic carbocycles. The predicted octanol–water partition coefficient (Wildman–Crippen LogP) is 4.39. The number of thiophene rings is 1. The van der Waals surface area contributed by atoms with Gasteiger partial charge in [0.05, 0.1) is 0 Å². The summed E-state index contributed by atoms with van der Waals surface area (Å²) in [6, 6.07) is 11.8. The van der Waals surface area contributed by atoms with Crippen LogP contribution in [-0.4, -0.2) is 12.6 Å². The first-order valence-electron chi connectivity index (χ1n) is 6.84. The normalized spacial score (nSPS) is 26.2. The molecular formula is C16H21NS. The molecule has 1 nitrogen and oxygen atoms in total. The van der Waals surface area contributed by atoms with Gasteiger partial charge in [-0.1, -0.05) is 39.0 Å². The topological polar surface area (TPSA) is 12.0 Å². The van der Waals surface area contributed by atoms with Crippen LogP contribution < -0.4 is 5.32 Å². The zero-order chi connectivity index (χ0) is 12.8. The van der Waals surface area contributed by atoms with Gasteiger partial charge in [0.1, 0.15) is 0 Å². The van der Waals surface area contributed by atoms with E-state index in [9.17, 15) is 0 Å². The van der Waals surface area contributed by atoms with Crippen LogP contribution in [0.1, 0.15) is 38.0 Å². The molecule has 0 radical (unpaired) electrons. The highest BCUT2D eigenvalue weighted by Gasteiger charge is 2.48. The highest BCUT2D eigenvalue weighted by molar-refractivity contribution is 7.19. The van der Waals surface area contributed by atoms with E-state index in [0.29, 0.717) is 11.5 Å². The van der Waals surface area contributed by atoms with Crippen molar-refractivity contribution in [3.63, 3.8) is 0 Å². The first-order valence-corrected chi connectivity index (χ1v) is 7.66. The summed E-state index contributed by atoms with van der Waals surface area (Å²) in [6.45, 7) is 8.08. The lowest BCUT2D eigenvalue weighted by atomic mass is 9.58. The fourth-order valence-electron chi connectivity index (χ4n) is 3.18. The second-order valence-electron chi connectivity index (χ2n) is 5.91. The summed E-state index contributed by atoms with van der Waals surface area (Å²) in [5, 5.41) is 5.01. The van der Waals surface area contributed by atoms with Gasteiger partial charge < -0.3 is 5.32 Å². The van der Waals surface area contributed by atoms with Crippen molar-refractivity contribution in [2.24, 2.45) is 5.41 Å². The molecule has 2 atom stereocenters. The standard InChI is InChI=1S/C16H21NS/c1-4-17-15-10-12(16(15,2)3)14-9-11-7-5-6-8-13(11)18-14/h5-9,12,15,17H,4,10H2,1-3H3. The molecule has 2 unspecified atom stereocenters. The molecule has 1 heterocycles. The highest BCUT2D eigenvalue weighted by Crippen LogP contribution is 2.54. The fourth-order valence-corrected chi connectivity index (χ4v) is 4.55. The molecule has 0 bridgehead atoms. The maximum Gasteiger partial charge on any atom is 0.0345 e. The number of hydrogen-bond acceptors (Lipinski definition) is 2. The van der Waals surface area contributed by atoms with Crippen LogP contribution >= 0.6 is 11.3 Å². The Balaban J connectivity index is 1.88. The minimum Gasteiger partial charge on any atom is -0.314 e. The van der Waals surface area contributed by atoms with E-state index < -0.39 is 0 Å². The number of fused-ring (bicyclic) bond motifs is 1. The van der Waals surface area contributed by atoms with Gasteiger partial charge in [-0.05, 0) is 35.9 Å². The number of benzene rings is 1. The Morgan fingerprint density at radius 3 is 2.78 bits per heavy atom. The van der Waals surface area contributed by atoms with E-state index in [2.05, 4.69) is 56.4 Å². The lowest BCUT2D eigenvalue weighted by Crippen LogP contribution is -2.55. The van der Waals surface area contributed by atoms with Crippen LogP contribution in [0.4, 0.5) is 0 Å². The summed E-state index contributed by atoms with van der Waals surface area (Å²) in [6.07, 6.45) is 1.29. The average molecular weight is 259 g/mol. The third kappa shape index (κ3) is 1.79. The Kier molecular flexibility index (Phi) is 2.95. The molecule has 18 heavy (non-hydrogen) atoms. The van der Waals surface area contributed by atoms with Crippen LogP contribution in [0.25, 0.3) is 10.1 Å². The van der Waals surface area contributed by atoms with Gasteiger partial charge in [0.2, 0.25) is 0 Å². The van der Waals surface area contributed by atoms with Crippen molar-refractivity contribution in [1.29, 1.82) is 0 Å². The van der Waals surface area contributed by atoms with Crippen molar-refractivity contribution >= 4 is 21.4 Å². The van der Waals surface area contributed by atoms with Gasteiger partial charge >= 0.3 is 0 Å². The SMILES string of the molecule is CCNC1CC(c2cc3ccccc3s2)C1(C)C. The smallest absolute Gasteiger partial charge is 0.0345 e. The summed E-state index contributed by atoms with van der Waals surface area (Å²) in [4.78, 5) is 1.57. The minimum atomic E-state index is 0.386. The van der Waals surface area contributed by atoms with E-state index >= 15 is 0 Å². The molecule has 1 aliphatic rings. The van der Waals surface area contributed by atoms with E-state index in [1.807, 2.05) is 11.3 Å². The molecule has 1 fully saturated rings. The van der Waals surface area contributed by atoms with Crippen LogP contribution in [-0.2, 0) is 0 Å². The third-order valence-corrected chi connectivity index (χ3v) is 5.74. The van der Waals surface area contributed by atoms with E-state index in [-0.39, 0.29) is 0 Å². The molecule has 1 saturated carbocycles. The van der Waals surface area contributed by atoms with Gasteiger partial charge in [-0.2, -0.15) is 0 Å². The Morgan fingerprint density at radius 2 is 2.11 bits per heavy atom. The molecule has 0 amide bonds. The first kappa shape index (κ1) is 12.2. The second kappa shape index (κ2) is 4.36. The van der Waals surface area contributed by atoms with Gasteiger partial charge in [-0.15, -0.1) is 11.3 Å². The number of nitrogens with one attached hydrogen (secondary N) is 1. The lowest BCUT2D eigenvalue weighted by molar-refractivity contribution is 0.0729. The number of hydrogen-bond donors (Lipinski definition) is 1. The summed E-state index contributed by atoms with van der Waals surface area (Å²) in [5.74, 6) is 0.721. The van der Waals surface area contributed by atoms with E-state index in [0.717, 1.165) is 12.5 Å². The zero-order valence-corrected chi connectivity index (χ0v) is 12.2. The highest BCUT2D eigenvalue weighted by atomic mass is 32.1. The maximum atomic E-state index is 3.61. The molecule has 3 rings (SSSR count). The van der Waals surface area contributed by atoms with Crippen LogP contribution in [0.3, 0.4) is 0 Å². The largest absolute Gasteiger partial charge is 0.314 e. The molecule has 2 heteroatoms. The quantitative estimate of drug-likeness (QED) is 0.862. The van der Waals surface area contributed by atoms with Crippen LogP contribution in [0.15, 0.2) is 30.3 Å². The Morgan fingerprint density at radius 1 is 1.33 bits per heavy atom. The second-order valence-corrected chi connectivity index (χ2v) is 7.02. The summed E-state index contributed by atoms with van der Waals surface area (Å²) in [7, 11) is 0. The Hall–Kier alpha value is -0.860. The molecule has 0 spiro atoms. The molecule has 2 aromatic rings. The Labute approximate surface area is 113 Å². The molecule has 1 N–H and O–H groups in total. The minimum absolute atomic E-state index is 0.386. The van der Waals surface area contributed by atoms with Crippen LogP contribution in [0.2, 0.25) is 0 Å². The molecule has 0 saturated heterocycles. The zero-order valence-electron chi connectivity index (χ0n) is 11.4. The molecule has 1 aromatic heterocycles. The molecule has 0 aliphatic heterocycles. The summed E-state index contributed by atoms with van der Waals surface area (Å²) < 4.78 is 1.43. The van der Waals surface area contributed by atoms with Crippen molar-refractivity contribution < 1.29 is 0 Å². The van der Waals surface area contributed by atoms with E-state index in [1.54, 1.807) is 4.88 Å². The maximum absolute atomic E-state index is 3.61. The summed E-state index contributed by atoms with van der Waals surface area (Å²) >= 11 is 1.98. The Bertz CT molecular complexity index is 522. The van der Waals surface area contributed by atoms with Crippen molar-refractivity contribution in [2.75, 3.05) is 6.54 Å². The first-order chi connectivity index (χ1) is 8.63. The third-order valence-electron chi connectivity index (χ3n) is 4.51. The van der Waals surface area contributed by atoms with Crippen LogP contribution in [0, 0.1) is 5.41 Å². The fraction of sp³-hybridized carbons (Fsp3) is 0.500. The van der Waals surface area contributed by atoms with E-state index in [1.165, 1.54) is 16.5 Å². The van der Waals surface area contributed by atoms with Gasteiger partial charge in [-0.3, -0.25) is 0 Å². The predicted molar refractivity (Wildman–Crippen MR) is 80.4 cm³/mol.